The number of rotatable bonds is 0. The topological polar surface area (TPSA) is 86.7 Å². The maximum atomic E-state index is 11.6. The van der Waals surface area contributed by atoms with Crippen LogP contribution in [-0.2, 0) is 28.7 Å². The monoisotopic (exact) mass is 282 g/mol. The van der Waals surface area contributed by atoms with Crippen molar-refractivity contribution in [3.63, 3.8) is 0 Å². The zero-order valence-electron chi connectivity index (χ0n) is 9.75. The van der Waals surface area contributed by atoms with Gasteiger partial charge in [-0.2, -0.15) is 12.6 Å². The third kappa shape index (κ3) is 1.88. The molecule has 0 aromatic heterocycles. The van der Waals surface area contributed by atoms with E-state index in [1.54, 1.807) is 0 Å². The summed E-state index contributed by atoms with van der Waals surface area (Å²) in [4.78, 5) is 46.0. The molecule has 2 heterocycles. The van der Waals surface area contributed by atoms with Crippen LogP contribution in [0.5, 0.6) is 0 Å². The standard InChI is InChI=1S/C12H10O6S/c13-7-3-12(4-8(14)17-7)1-5-9(6(19)2-12)11(16)18-10(5)15/h1,6,9,19H,2-4H2. The van der Waals surface area contributed by atoms with Crippen LogP contribution in [0.2, 0.25) is 0 Å². The molecular weight excluding hydrogens is 272 g/mol. The lowest BCUT2D eigenvalue weighted by molar-refractivity contribution is -0.168. The van der Waals surface area contributed by atoms with Gasteiger partial charge in [-0.05, 0) is 6.42 Å². The fourth-order valence-corrected chi connectivity index (χ4v) is 3.63. The molecule has 0 amide bonds. The Labute approximate surface area is 113 Å². The number of carbonyl (C=O) groups excluding carboxylic acids is 4. The molecule has 0 N–H and O–H groups in total. The van der Waals surface area contributed by atoms with Crippen LogP contribution >= 0.6 is 12.6 Å². The van der Waals surface area contributed by atoms with Gasteiger partial charge in [0.1, 0.15) is 5.92 Å². The summed E-state index contributed by atoms with van der Waals surface area (Å²) in [6.45, 7) is 0. The molecule has 2 atom stereocenters. The number of allylic oxidation sites excluding steroid dienone is 1. The van der Waals surface area contributed by atoms with Crippen molar-refractivity contribution in [1.29, 1.82) is 0 Å². The van der Waals surface area contributed by atoms with E-state index >= 15 is 0 Å². The lowest BCUT2D eigenvalue weighted by Crippen LogP contribution is -2.41. The van der Waals surface area contributed by atoms with Crippen molar-refractivity contribution in [2.45, 2.75) is 24.5 Å². The molecule has 0 saturated carbocycles. The fourth-order valence-electron chi connectivity index (χ4n) is 2.99. The van der Waals surface area contributed by atoms with Crippen LogP contribution in [0.1, 0.15) is 19.3 Å². The van der Waals surface area contributed by atoms with Gasteiger partial charge in [0.05, 0.1) is 12.8 Å². The van der Waals surface area contributed by atoms with Crippen LogP contribution in [-0.4, -0.2) is 29.1 Å². The summed E-state index contributed by atoms with van der Waals surface area (Å²) in [6, 6.07) is 0. The third-order valence-corrected chi connectivity index (χ3v) is 4.18. The van der Waals surface area contributed by atoms with E-state index in [2.05, 4.69) is 22.1 Å². The first-order chi connectivity index (χ1) is 8.90. The third-order valence-electron chi connectivity index (χ3n) is 3.70. The number of hydrogen-bond acceptors (Lipinski definition) is 7. The lowest BCUT2D eigenvalue weighted by Gasteiger charge is -2.38. The van der Waals surface area contributed by atoms with Gasteiger partial charge in [-0.3, -0.25) is 14.4 Å². The largest absolute Gasteiger partial charge is 0.393 e. The second kappa shape index (κ2) is 3.93. The minimum absolute atomic E-state index is 0.00743. The Morgan fingerprint density at radius 2 is 1.74 bits per heavy atom. The molecule has 2 fully saturated rings. The van der Waals surface area contributed by atoms with Crippen molar-refractivity contribution in [2.75, 3.05) is 0 Å². The lowest BCUT2D eigenvalue weighted by atomic mass is 9.68. The normalized spacial score (nSPS) is 32.8. The van der Waals surface area contributed by atoms with Crippen molar-refractivity contribution < 1.29 is 28.7 Å². The summed E-state index contributed by atoms with van der Waals surface area (Å²) in [6.07, 6.45) is 1.91. The second-order valence-corrected chi connectivity index (χ2v) is 5.78. The smallest absolute Gasteiger partial charge is 0.342 e. The predicted octanol–water partition coefficient (Wildman–Crippen LogP) is 0.164. The highest BCUT2D eigenvalue weighted by Gasteiger charge is 2.52. The SMILES string of the molecule is O=C1CC2(C=C3C(=O)OC(=O)C3C(S)C2)CC(=O)O1. The summed E-state index contributed by atoms with van der Waals surface area (Å²) in [5.74, 6) is -3.26. The molecule has 6 nitrogen and oxygen atoms in total. The molecular formula is C12H10O6S. The Hall–Kier alpha value is -1.63. The van der Waals surface area contributed by atoms with Crippen LogP contribution in [0.3, 0.4) is 0 Å². The highest BCUT2D eigenvalue weighted by molar-refractivity contribution is 7.81. The second-order valence-electron chi connectivity index (χ2n) is 5.12. The van der Waals surface area contributed by atoms with E-state index < -0.39 is 40.5 Å². The molecule has 3 aliphatic rings. The molecule has 1 spiro atoms. The van der Waals surface area contributed by atoms with Gasteiger partial charge >= 0.3 is 23.9 Å². The molecule has 7 heteroatoms. The van der Waals surface area contributed by atoms with E-state index in [4.69, 9.17) is 0 Å². The van der Waals surface area contributed by atoms with Gasteiger partial charge in [0.25, 0.3) is 0 Å². The highest BCUT2D eigenvalue weighted by Crippen LogP contribution is 2.48. The van der Waals surface area contributed by atoms with Gasteiger partial charge in [-0.1, -0.05) is 6.08 Å². The zero-order chi connectivity index (χ0) is 13.8. The Balaban J connectivity index is 2.03. The van der Waals surface area contributed by atoms with Gasteiger partial charge in [0.15, 0.2) is 0 Å². The Bertz CT molecular complexity index is 532. The van der Waals surface area contributed by atoms with Crippen LogP contribution < -0.4 is 0 Å². The molecule has 0 aromatic rings. The number of cyclic esters (lactones) is 4. The molecule has 2 aliphatic heterocycles. The molecule has 1 aliphatic carbocycles. The highest BCUT2D eigenvalue weighted by atomic mass is 32.1. The molecule has 0 bridgehead atoms. The summed E-state index contributed by atoms with van der Waals surface area (Å²) < 4.78 is 9.06. The van der Waals surface area contributed by atoms with Gasteiger partial charge < -0.3 is 9.47 Å². The maximum absolute atomic E-state index is 11.6. The first-order valence-corrected chi connectivity index (χ1v) is 6.32. The number of carbonyl (C=O) groups is 4. The van der Waals surface area contributed by atoms with Crippen molar-refractivity contribution in [1.82, 2.24) is 0 Å². The van der Waals surface area contributed by atoms with Crippen LogP contribution in [0.15, 0.2) is 11.6 Å². The summed E-state index contributed by atoms with van der Waals surface area (Å²) in [5.41, 5.74) is -0.576. The molecule has 100 valence electrons. The molecule has 0 radical (unpaired) electrons. The quantitative estimate of drug-likeness (QED) is 0.387. The average Bonchev–Trinajstić information content (AvgIpc) is 2.51. The van der Waals surface area contributed by atoms with E-state index in [1.807, 2.05) is 0 Å². The maximum Gasteiger partial charge on any atom is 0.342 e. The first-order valence-electron chi connectivity index (χ1n) is 5.81. The average molecular weight is 282 g/mol. The van der Waals surface area contributed by atoms with Crippen LogP contribution in [0.4, 0.5) is 0 Å². The predicted molar refractivity (Wildman–Crippen MR) is 62.8 cm³/mol. The van der Waals surface area contributed by atoms with E-state index in [0.29, 0.717) is 6.42 Å². The summed E-state index contributed by atoms with van der Waals surface area (Å²) in [7, 11) is 0. The van der Waals surface area contributed by atoms with Crippen molar-refractivity contribution >= 4 is 36.5 Å². The zero-order valence-corrected chi connectivity index (χ0v) is 10.6. The summed E-state index contributed by atoms with van der Waals surface area (Å²) in [5, 5.41) is -0.447. The van der Waals surface area contributed by atoms with E-state index in [-0.39, 0.29) is 18.4 Å². The van der Waals surface area contributed by atoms with Crippen LogP contribution in [0.25, 0.3) is 0 Å². The van der Waals surface area contributed by atoms with E-state index in [1.165, 1.54) is 6.08 Å². The van der Waals surface area contributed by atoms with E-state index in [9.17, 15) is 19.2 Å². The van der Waals surface area contributed by atoms with Gasteiger partial charge in [-0.25, -0.2) is 4.79 Å². The van der Waals surface area contributed by atoms with Crippen molar-refractivity contribution in [3.05, 3.63) is 11.6 Å². The minimum Gasteiger partial charge on any atom is -0.393 e. The number of ether oxygens (including phenoxy) is 2. The molecule has 3 rings (SSSR count). The van der Waals surface area contributed by atoms with Gasteiger partial charge in [-0.15, -0.1) is 0 Å². The number of fused-ring (bicyclic) bond motifs is 1. The summed E-state index contributed by atoms with van der Waals surface area (Å²) >= 11 is 4.32. The number of esters is 4. The Morgan fingerprint density at radius 1 is 1.11 bits per heavy atom. The fraction of sp³-hybridized carbons (Fsp3) is 0.500. The first kappa shape index (κ1) is 12.4. The minimum atomic E-state index is -0.783. The number of thiol groups is 1. The van der Waals surface area contributed by atoms with Gasteiger partial charge in [0.2, 0.25) is 0 Å². The Kier molecular flexibility index (Phi) is 2.57. The molecule has 19 heavy (non-hydrogen) atoms. The number of hydrogen-bond donors (Lipinski definition) is 1. The molecule has 2 saturated heterocycles. The Morgan fingerprint density at radius 3 is 2.37 bits per heavy atom. The van der Waals surface area contributed by atoms with Crippen molar-refractivity contribution in [3.8, 4) is 0 Å². The van der Waals surface area contributed by atoms with E-state index in [0.717, 1.165) is 0 Å². The molecule has 2 unspecified atom stereocenters. The van der Waals surface area contributed by atoms with Gasteiger partial charge in [0, 0.05) is 16.2 Å². The molecule has 0 aromatic carbocycles. The van der Waals surface area contributed by atoms with Crippen molar-refractivity contribution in [2.24, 2.45) is 11.3 Å². The van der Waals surface area contributed by atoms with Crippen LogP contribution in [0, 0.1) is 11.3 Å².